The van der Waals surface area contributed by atoms with Crippen LogP contribution in [0.15, 0.2) is 42.7 Å². The summed E-state index contributed by atoms with van der Waals surface area (Å²) in [5, 5.41) is 5.26. The second-order valence-electron chi connectivity index (χ2n) is 3.28. The predicted molar refractivity (Wildman–Crippen MR) is 60.9 cm³/mol. The molecule has 0 aliphatic heterocycles. The molecular weight excluding hydrogens is 206 g/mol. The highest BCUT2D eigenvalue weighted by atomic mass is 32.1. The normalized spacial score (nSPS) is 10.9. The van der Waals surface area contributed by atoms with E-state index in [9.17, 15) is 0 Å². The van der Waals surface area contributed by atoms with E-state index in [1.54, 1.807) is 17.5 Å². The third kappa shape index (κ3) is 1.64. The summed E-state index contributed by atoms with van der Waals surface area (Å²) in [5.74, 6) is 0. The van der Waals surface area contributed by atoms with Crippen molar-refractivity contribution in [1.29, 1.82) is 0 Å². The van der Waals surface area contributed by atoms with Gasteiger partial charge in [0.05, 0.1) is 16.8 Å². The second kappa shape index (κ2) is 3.47. The zero-order valence-corrected chi connectivity index (χ0v) is 8.81. The van der Waals surface area contributed by atoms with Crippen LogP contribution in [-0.2, 0) is 6.54 Å². The number of fused-ring (bicyclic) bond motifs is 1. The van der Waals surface area contributed by atoms with Crippen molar-refractivity contribution in [2.45, 2.75) is 6.54 Å². The van der Waals surface area contributed by atoms with Gasteiger partial charge in [0.2, 0.25) is 0 Å². The molecule has 3 nitrogen and oxygen atoms in total. The van der Waals surface area contributed by atoms with Crippen molar-refractivity contribution >= 4 is 21.6 Å². The molecule has 0 aliphatic carbocycles. The van der Waals surface area contributed by atoms with E-state index in [-0.39, 0.29) is 0 Å². The number of nitrogens with zero attached hydrogens (tertiary/aromatic N) is 3. The van der Waals surface area contributed by atoms with Gasteiger partial charge in [-0.15, -0.1) is 11.3 Å². The van der Waals surface area contributed by atoms with Crippen molar-refractivity contribution in [3.63, 3.8) is 0 Å². The molecule has 15 heavy (non-hydrogen) atoms. The summed E-state index contributed by atoms with van der Waals surface area (Å²) in [6.45, 7) is 0.756. The Kier molecular flexibility index (Phi) is 1.99. The standard InChI is InChI=1S/C11H9N3S/c1-2-5-10-9(4-1)13-11(15-10)8-14-7-3-6-12-14/h1-7H,8H2. The Morgan fingerprint density at radius 1 is 1.20 bits per heavy atom. The van der Waals surface area contributed by atoms with Crippen LogP contribution in [0.5, 0.6) is 0 Å². The van der Waals surface area contributed by atoms with Gasteiger partial charge in [-0.1, -0.05) is 12.1 Å². The van der Waals surface area contributed by atoms with E-state index in [0.717, 1.165) is 17.1 Å². The Bertz CT molecular complexity index is 535. The first kappa shape index (κ1) is 8.61. The van der Waals surface area contributed by atoms with Crippen molar-refractivity contribution in [1.82, 2.24) is 14.8 Å². The van der Waals surface area contributed by atoms with Gasteiger partial charge in [0.25, 0.3) is 0 Å². The maximum atomic E-state index is 4.55. The van der Waals surface area contributed by atoms with Crippen molar-refractivity contribution in [3.05, 3.63) is 47.7 Å². The number of aromatic nitrogens is 3. The highest BCUT2D eigenvalue weighted by Gasteiger charge is 2.03. The van der Waals surface area contributed by atoms with Crippen molar-refractivity contribution < 1.29 is 0 Å². The molecule has 0 bridgehead atoms. The lowest BCUT2D eigenvalue weighted by Crippen LogP contribution is -1.98. The fourth-order valence-electron chi connectivity index (χ4n) is 1.52. The lowest BCUT2D eigenvalue weighted by Gasteiger charge is -1.94. The van der Waals surface area contributed by atoms with Crippen LogP contribution in [0, 0.1) is 0 Å². The molecule has 0 unspecified atom stereocenters. The Balaban J connectivity index is 1.98. The van der Waals surface area contributed by atoms with E-state index in [2.05, 4.69) is 16.1 Å². The number of hydrogen-bond acceptors (Lipinski definition) is 3. The first-order chi connectivity index (χ1) is 7.42. The number of thiazole rings is 1. The lowest BCUT2D eigenvalue weighted by atomic mass is 10.3. The SMILES string of the molecule is c1ccc2sc(Cn3cccn3)nc2c1. The molecule has 0 atom stereocenters. The first-order valence-corrected chi connectivity index (χ1v) is 5.55. The third-order valence-electron chi connectivity index (χ3n) is 2.19. The Labute approximate surface area is 91.0 Å². The molecule has 2 aromatic heterocycles. The van der Waals surface area contributed by atoms with Gasteiger partial charge in [-0.3, -0.25) is 4.68 Å². The average molecular weight is 215 g/mol. The molecule has 0 N–H and O–H groups in total. The quantitative estimate of drug-likeness (QED) is 0.657. The van der Waals surface area contributed by atoms with Gasteiger partial charge < -0.3 is 0 Å². The minimum Gasteiger partial charge on any atom is -0.266 e. The molecule has 4 heteroatoms. The van der Waals surface area contributed by atoms with E-state index in [4.69, 9.17) is 0 Å². The predicted octanol–water partition coefficient (Wildman–Crippen LogP) is 2.54. The van der Waals surface area contributed by atoms with Crippen molar-refractivity contribution in [2.75, 3.05) is 0 Å². The molecule has 0 saturated carbocycles. The molecular formula is C11H9N3S. The third-order valence-corrected chi connectivity index (χ3v) is 3.22. The molecule has 3 rings (SSSR count). The van der Waals surface area contributed by atoms with E-state index in [0.29, 0.717) is 0 Å². The molecule has 0 aliphatic rings. The number of para-hydroxylation sites is 1. The summed E-state index contributed by atoms with van der Waals surface area (Å²) in [4.78, 5) is 4.55. The molecule has 74 valence electrons. The fraction of sp³-hybridized carbons (Fsp3) is 0.0909. The molecule has 0 spiro atoms. The number of hydrogen-bond donors (Lipinski definition) is 0. The van der Waals surface area contributed by atoms with Gasteiger partial charge in [-0.05, 0) is 18.2 Å². The van der Waals surface area contributed by atoms with Crippen LogP contribution in [0.2, 0.25) is 0 Å². The van der Waals surface area contributed by atoms with Crippen molar-refractivity contribution in [3.8, 4) is 0 Å². The van der Waals surface area contributed by atoms with Gasteiger partial charge in [0, 0.05) is 12.4 Å². The minimum absolute atomic E-state index is 0.756. The van der Waals surface area contributed by atoms with Crippen LogP contribution in [0.25, 0.3) is 10.2 Å². The molecule has 0 saturated heterocycles. The van der Waals surface area contributed by atoms with E-state index in [1.807, 2.05) is 35.1 Å². The number of rotatable bonds is 2. The summed E-state index contributed by atoms with van der Waals surface area (Å²) in [6.07, 6.45) is 3.74. The molecule has 3 aromatic rings. The zero-order chi connectivity index (χ0) is 10.1. The zero-order valence-electron chi connectivity index (χ0n) is 8.00. The molecule has 0 amide bonds. The largest absolute Gasteiger partial charge is 0.266 e. The van der Waals surface area contributed by atoms with Crippen LogP contribution in [-0.4, -0.2) is 14.8 Å². The molecule has 2 heterocycles. The van der Waals surface area contributed by atoms with E-state index >= 15 is 0 Å². The summed E-state index contributed by atoms with van der Waals surface area (Å²) >= 11 is 1.72. The molecule has 0 radical (unpaired) electrons. The lowest BCUT2D eigenvalue weighted by molar-refractivity contribution is 0.684. The van der Waals surface area contributed by atoms with Crippen molar-refractivity contribution in [2.24, 2.45) is 0 Å². The summed E-state index contributed by atoms with van der Waals surface area (Å²) in [5.41, 5.74) is 1.07. The number of benzene rings is 1. The molecule has 1 aromatic carbocycles. The summed E-state index contributed by atoms with van der Waals surface area (Å²) < 4.78 is 3.12. The fourth-order valence-corrected chi connectivity index (χ4v) is 2.48. The van der Waals surface area contributed by atoms with Crippen LogP contribution >= 0.6 is 11.3 Å². The summed E-state index contributed by atoms with van der Waals surface area (Å²) in [6, 6.07) is 10.1. The van der Waals surface area contributed by atoms with Gasteiger partial charge in [-0.25, -0.2) is 4.98 Å². The maximum absolute atomic E-state index is 4.55. The second-order valence-corrected chi connectivity index (χ2v) is 4.39. The van der Waals surface area contributed by atoms with E-state index in [1.165, 1.54) is 4.70 Å². The van der Waals surface area contributed by atoms with Gasteiger partial charge in [-0.2, -0.15) is 5.10 Å². The minimum atomic E-state index is 0.756. The van der Waals surface area contributed by atoms with Crippen LogP contribution in [0.3, 0.4) is 0 Å². The highest BCUT2D eigenvalue weighted by molar-refractivity contribution is 7.18. The van der Waals surface area contributed by atoms with Crippen LogP contribution in [0.4, 0.5) is 0 Å². The first-order valence-electron chi connectivity index (χ1n) is 4.74. The van der Waals surface area contributed by atoms with Gasteiger partial charge in [0.1, 0.15) is 5.01 Å². The Hall–Kier alpha value is -1.68. The van der Waals surface area contributed by atoms with Gasteiger partial charge in [0.15, 0.2) is 0 Å². The van der Waals surface area contributed by atoms with Crippen LogP contribution in [0.1, 0.15) is 5.01 Å². The monoisotopic (exact) mass is 215 g/mol. The molecule has 0 fully saturated rings. The Morgan fingerprint density at radius 2 is 2.13 bits per heavy atom. The highest BCUT2D eigenvalue weighted by Crippen LogP contribution is 2.21. The Morgan fingerprint density at radius 3 is 2.93 bits per heavy atom. The topological polar surface area (TPSA) is 30.7 Å². The summed E-state index contributed by atoms with van der Waals surface area (Å²) in [7, 11) is 0. The van der Waals surface area contributed by atoms with Gasteiger partial charge >= 0.3 is 0 Å². The van der Waals surface area contributed by atoms with E-state index < -0.39 is 0 Å². The smallest absolute Gasteiger partial charge is 0.115 e. The maximum Gasteiger partial charge on any atom is 0.115 e. The average Bonchev–Trinajstić information content (AvgIpc) is 2.86. The van der Waals surface area contributed by atoms with Crippen LogP contribution < -0.4 is 0 Å².